The SMILES string of the molecule is CCc1cccc(CC)c1N(CCC(=O)Nc1ccc(F)c(F)c1)C(C)=O. The van der Waals surface area contributed by atoms with Gasteiger partial charge in [0.15, 0.2) is 11.6 Å². The number of nitrogens with zero attached hydrogens (tertiary/aromatic N) is 1. The minimum atomic E-state index is -1.03. The minimum absolute atomic E-state index is 0.0414. The number of carbonyl (C=O) groups excluding carboxylic acids is 2. The Morgan fingerprint density at radius 1 is 1.00 bits per heavy atom. The highest BCUT2D eigenvalue weighted by Crippen LogP contribution is 2.27. The number of anilines is 2. The highest BCUT2D eigenvalue weighted by Gasteiger charge is 2.19. The summed E-state index contributed by atoms with van der Waals surface area (Å²) >= 11 is 0. The highest BCUT2D eigenvalue weighted by molar-refractivity contribution is 5.96. The molecule has 0 radical (unpaired) electrons. The molecule has 1 N–H and O–H groups in total. The molecule has 6 heteroatoms. The summed E-state index contributed by atoms with van der Waals surface area (Å²) in [7, 11) is 0. The summed E-state index contributed by atoms with van der Waals surface area (Å²) in [6.45, 7) is 5.72. The van der Waals surface area contributed by atoms with E-state index in [1.165, 1.54) is 13.0 Å². The van der Waals surface area contributed by atoms with Gasteiger partial charge in [-0.2, -0.15) is 0 Å². The first-order chi connectivity index (χ1) is 12.9. The molecule has 2 rings (SSSR count). The first-order valence-electron chi connectivity index (χ1n) is 9.01. The maximum Gasteiger partial charge on any atom is 0.226 e. The van der Waals surface area contributed by atoms with Crippen molar-refractivity contribution < 1.29 is 18.4 Å². The van der Waals surface area contributed by atoms with E-state index in [-0.39, 0.29) is 30.5 Å². The number of hydrogen-bond acceptors (Lipinski definition) is 2. The van der Waals surface area contributed by atoms with Crippen LogP contribution in [0, 0.1) is 11.6 Å². The molecule has 0 saturated heterocycles. The van der Waals surface area contributed by atoms with Crippen LogP contribution >= 0.6 is 0 Å². The molecule has 0 spiro atoms. The molecule has 0 heterocycles. The lowest BCUT2D eigenvalue weighted by Gasteiger charge is -2.26. The van der Waals surface area contributed by atoms with Crippen LogP contribution in [-0.4, -0.2) is 18.4 Å². The van der Waals surface area contributed by atoms with Crippen LogP contribution in [0.3, 0.4) is 0 Å². The molecule has 0 aliphatic carbocycles. The number of nitrogens with one attached hydrogen (secondary N) is 1. The molecule has 2 aromatic rings. The number of amides is 2. The summed E-state index contributed by atoms with van der Waals surface area (Å²) in [6, 6.07) is 9.10. The van der Waals surface area contributed by atoms with Crippen molar-refractivity contribution in [2.75, 3.05) is 16.8 Å². The van der Waals surface area contributed by atoms with Crippen LogP contribution in [0.1, 0.15) is 38.3 Å². The molecule has 0 saturated carbocycles. The van der Waals surface area contributed by atoms with Gasteiger partial charge in [-0.25, -0.2) is 8.78 Å². The van der Waals surface area contributed by atoms with Gasteiger partial charge in [0.2, 0.25) is 11.8 Å². The average Bonchev–Trinajstić information content (AvgIpc) is 2.64. The number of para-hydroxylation sites is 1. The van der Waals surface area contributed by atoms with Crippen molar-refractivity contribution in [2.45, 2.75) is 40.0 Å². The molecule has 27 heavy (non-hydrogen) atoms. The van der Waals surface area contributed by atoms with Gasteiger partial charge < -0.3 is 10.2 Å². The zero-order valence-electron chi connectivity index (χ0n) is 15.8. The molecule has 2 amide bonds. The van der Waals surface area contributed by atoms with Gasteiger partial charge in [0.1, 0.15) is 0 Å². The van der Waals surface area contributed by atoms with E-state index in [0.717, 1.165) is 41.8 Å². The topological polar surface area (TPSA) is 49.4 Å². The van der Waals surface area contributed by atoms with Crippen LogP contribution < -0.4 is 10.2 Å². The molecular weight excluding hydrogens is 350 g/mol. The van der Waals surface area contributed by atoms with Crippen LogP contribution in [0.5, 0.6) is 0 Å². The molecule has 0 aromatic heterocycles. The Morgan fingerprint density at radius 3 is 2.15 bits per heavy atom. The van der Waals surface area contributed by atoms with E-state index >= 15 is 0 Å². The van der Waals surface area contributed by atoms with Gasteiger partial charge >= 0.3 is 0 Å². The number of rotatable bonds is 7. The van der Waals surface area contributed by atoms with Gasteiger partial charge in [-0.15, -0.1) is 0 Å². The van der Waals surface area contributed by atoms with Gasteiger partial charge in [0, 0.05) is 37.3 Å². The summed E-state index contributed by atoms with van der Waals surface area (Å²) in [4.78, 5) is 26.1. The Kier molecular flexibility index (Phi) is 7.05. The standard InChI is InChI=1S/C21H24F2N2O2/c1-4-15-7-6-8-16(5-2)21(15)25(14(3)26)12-11-20(27)24-17-9-10-18(22)19(23)13-17/h6-10,13H,4-5,11-12H2,1-3H3,(H,24,27). The van der Waals surface area contributed by atoms with Gasteiger partial charge in [-0.1, -0.05) is 32.0 Å². The molecule has 0 aliphatic rings. The Hall–Kier alpha value is -2.76. The Labute approximate surface area is 158 Å². The van der Waals surface area contributed by atoms with E-state index in [4.69, 9.17) is 0 Å². The van der Waals surface area contributed by atoms with E-state index in [9.17, 15) is 18.4 Å². The minimum Gasteiger partial charge on any atom is -0.326 e. The van der Waals surface area contributed by atoms with Crippen molar-refractivity contribution in [3.8, 4) is 0 Å². The number of aryl methyl sites for hydroxylation is 2. The lowest BCUT2D eigenvalue weighted by molar-refractivity contribution is -0.117. The molecule has 0 atom stereocenters. The third kappa shape index (κ3) is 5.12. The molecule has 0 bridgehead atoms. The first kappa shape index (κ1) is 20.6. The third-order valence-electron chi connectivity index (χ3n) is 4.38. The Bertz CT molecular complexity index is 815. The fourth-order valence-electron chi connectivity index (χ4n) is 3.00. The van der Waals surface area contributed by atoms with Crippen molar-refractivity contribution >= 4 is 23.2 Å². The Balaban J connectivity index is 2.14. The van der Waals surface area contributed by atoms with Crippen molar-refractivity contribution in [3.63, 3.8) is 0 Å². The van der Waals surface area contributed by atoms with E-state index in [1.54, 1.807) is 4.90 Å². The van der Waals surface area contributed by atoms with Crippen LogP contribution in [0.25, 0.3) is 0 Å². The summed E-state index contributed by atoms with van der Waals surface area (Å²) in [5, 5.41) is 2.53. The highest BCUT2D eigenvalue weighted by atomic mass is 19.2. The maximum absolute atomic E-state index is 13.3. The van der Waals surface area contributed by atoms with E-state index in [2.05, 4.69) is 5.32 Å². The van der Waals surface area contributed by atoms with Gasteiger partial charge in [-0.3, -0.25) is 9.59 Å². The normalized spacial score (nSPS) is 10.6. The molecule has 2 aromatic carbocycles. The summed E-state index contributed by atoms with van der Waals surface area (Å²) in [5.41, 5.74) is 3.13. The molecule has 0 aliphatic heterocycles. The lowest BCUT2D eigenvalue weighted by atomic mass is 10.0. The van der Waals surface area contributed by atoms with Gasteiger partial charge in [0.05, 0.1) is 0 Å². The lowest BCUT2D eigenvalue weighted by Crippen LogP contribution is -2.33. The fraction of sp³-hybridized carbons (Fsp3) is 0.333. The maximum atomic E-state index is 13.3. The fourth-order valence-corrected chi connectivity index (χ4v) is 3.00. The molecule has 4 nitrogen and oxygen atoms in total. The van der Waals surface area contributed by atoms with Gasteiger partial charge in [-0.05, 0) is 36.1 Å². The van der Waals surface area contributed by atoms with Crippen LogP contribution in [0.4, 0.5) is 20.2 Å². The second kappa shape index (κ2) is 9.26. The Morgan fingerprint density at radius 2 is 1.63 bits per heavy atom. The van der Waals surface area contributed by atoms with Crippen LogP contribution in [0.15, 0.2) is 36.4 Å². The predicted molar refractivity (Wildman–Crippen MR) is 103 cm³/mol. The predicted octanol–water partition coefficient (Wildman–Crippen LogP) is 4.47. The summed E-state index contributed by atoms with van der Waals surface area (Å²) in [5.74, 6) is -2.52. The molecule has 0 fully saturated rings. The second-order valence-electron chi connectivity index (χ2n) is 6.23. The van der Waals surface area contributed by atoms with Crippen LogP contribution in [0.2, 0.25) is 0 Å². The summed E-state index contributed by atoms with van der Waals surface area (Å²) < 4.78 is 26.2. The quantitative estimate of drug-likeness (QED) is 0.777. The molecular formula is C21H24F2N2O2. The molecule has 144 valence electrons. The average molecular weight is 374 g/mol. The number of carbonyl (C=O) groups is 2. The second-order valence-corrected chi connectivity index (χ2v) is 6.23. The van der Waals surface area contributed by atoms with Crippen molar-refractivity contribution in [3.05, 3.63) is 59.2 Å². The number of benzene rings is 2. The van der Waals surface area contributed by atoms with Crippen molar-refractivity contribution in [2.24, 2.45) is 0 Å². The zero-order valence-corrected chi connectivity index (χ0v) is 15.8. The van der Waals surface area contributed by atoms with E-state index < -0.39 is 11.6 Å². The van der Waals surface area contributed by atoms with E-state index in [1.807, 2.05) is 32.0 Å². The smallest absolute Gasteiger partial charge is 0.226 e. The zero-order chi connectivity index (χ0) is 20.0. The third-order valence-corrected chi connectivity index (χ3v) is 4.38. The van der Waals surface area contributed by atoms with Crippen LogP contribution in [-0.2, 0) is 22.4 Å². The summed E-state index contributed by atoms with van der Waals surface area (Å²) in [6.07, 6.45) is 1.59. The number of hydrogen-bond donors (Lipinski definition) is 1. The molecule has 0 unspecified atom stereocenters. The van der Waals surface area contributed by atoms with Gasteiger partial charge in [0.25, 0.3) is 0 Å². The van der Waals surface area contributed by atoms with Crippen molar-refractivity contribution in [1.29, 1.82) is 0 Å². The van der Waals surface area contributed by atoms with Crippen molar-refractivity contribution in [1.82, 2.24) is 0 Å². The monoisotopic (exact) mass is 374 g/mol. The first-order valence-corrected chi connectivity index (χ1v) is 9.01. The largest absolute Gasteiger partial charge is 0.326 e. The van der Waals surface area contributed by atoms with E-state index in [0.29, 0.717) is 0 Å². The number of halogens is 2.